The molecule has 0 bridgehead atoms. The molecule has 1 saturated carbocycles. The van der Waals surface area contributed by atoms with E-state index in [1.54, 1.807) is 0 Å². The molecule has 4 nitrogen and oxygen atoms in total. The zero-order chi connectivity index (χ0) is 13.1. The van der Waals surface area contributed by atoms with Gasteiger partial charge in [-0.1, -0.05) is 6.92 Å². The average molecular weight is 263 g/mol. The lowest BCUT2D eigenvalue weighted by Crippen LogP contribution is -2.45. The van der Waals surface area contributed by atoms with Crippen LogP contribution in [-0.4, -0.2) is 48.6 Å². The third kappa shape index (κ3) is 3.59. The first kappa shape index (κ1) is 13.2. The molecule has 106 valence electrons. The van der Waals surface area contributed by atoms with Crippen LogP contribution in [-0.2, 0) is 13.1 Å². The van der Waals surface area contributed by atoms with Crippen LogP contribution in [0, 0.1) is 0 Å². The maximum atomic E-state index is 5.68. The van der Waals surface area contributed by atoms with Crippen molar-refractivity contribution in [1.82, 2.24) is 15.1 Å². The lowest BCUT2D eigenvalue weighted by atomic mass is 10.2. The highest BCUT2D eigenvalue weighted by Gasteiger charge is 2.22. The highest BCUT2D eigenvalue weighted by molar-refractivity contribution is 5.17. The zero-order valence-electron chi connectivity index (χ0n) is 11.9. The molecule has 2 fully saturated rings. The van der Waals surface area contributed by atoms with Gasteiger partial charge in [0, 0.05) is 44.3 Å². The molecule has 1 aliphatic carbocycles. The van der Waals surface area contributed by atoms with E-state index in [0.29, 0.717) is 0 Å². The summed E-state index contributed by atoms with van der Waals surface area (Å²) in [7, 11) is 0. The summed E-state index contributed by atoms with van der Waals surface area (Å²) in [5, 5.41) is 3.57. The Balaban J connectivity index is 1.50. The normalized spacial score (nSPS) is 21.9. The fraction of sp³-hybridized carbons (Fsp3) is 0.733. The van der Waals surface area contributed by atoms with Crippen LogP contribution in [0.5, 0.6) is 0 Å². The Morgan fingerprint density at radius 3 is 2.63 bits per heavy atom. The maximum absolute atomic E-state index is 5.68. The Morgan fingerprint density at radius 1 is 1.21 bits per heavy atom. The number of nitrogens with zero attached hydrogens (tertiary/aromatic N) is 2. The molecule has 0 amide bonds. The van der Waals surface area contributed by atoms with Crippen molar-refractivity contribution in [3.8, 4) is 0 Å². The summed E-state index contributed by atoms with van der Waals surface area (Å²) in [5.41, 5.74) is 1.34. The highest BCUT2D eigenvalue weighted by atomic mass is 16.3. The third-order valence-corrected chi connectivity index (χ3v) is 4.28. The van der Waals surface area contributed by atoms with Crippen LogP contribution in [0.15, 0.2) is 16.7 Å². The van der Waals surface area contributed by atoms with Gasteiger partial charge in [-0.3, -0.25) is 4.90 Å². The molecular weight excluding hydrogens is 238 g/mol. The molecule has 1 saturated heterocycles. The van der Waals surface area contributed by atoms with Gasteiger partial charge in [0.2, 0.25) is 0 Å². The van der Waals surface area contributed by atoms with Crippen molar-refractivity contribution < 1.29 is 4.42 Å². The van der Waals surface area contributed by atoms with E-state index in [2.05, 4.69) is 28.1 Å². The zero-order valence-corrected chi connectivity index (χ0v) is 11.9. The van der Waals surface area contributed by atoms with Crippen molar-refractivity contribution in [2.45, 2.75) is 38.9 Å². The molecule has 0 aromatic carbocycles. The summed E-state index contributed by atoms with van der Waals surface area (Å²) in [4.78, 5) is 5.01. The van der Waals surface area contributed by atoms with Gasteiger partial charge in [0.05, 0.1) is 12.8 Å². The van der Waals surface area contributed by atoms with Crippen molar-refractivity contribution in [3.63, 3.8) is 0 Å². The Labute approximate surface area is 115 Å². The molecule has 4 heteroatoms. The molecule has 19 heavy (non-hydrogen) atoms. The SMILES string of the molecule is CCN1CCN(Cc2occc2CNC2CC2)CC1. The summed E-state index contributed by atoms with van der Waals surface area (Å²) in [6.45, 7) is 10.0. The minimum absolute atomic E-state index is 0.760. The van der Waals surface area contributed by atoms with Gasteiger partial charge in [-0.15, -0.1) is 0 Å². The van der Waals surface area contributed by atoms with Gasteiger partial charge < -0.3 is 14.6 Å². The number of hydrogen-bond acceptors (Lipinski definition) is 4. The van der Waals surface area contributed by atoms with Crippen molar-refractivity contribution >= 4 is 0 Å². The third-order valence-electron chi connectivity index (χ3n) is 4.28. The summed E-state index contributed by atoms with van der Waals surface area (Å²) in [6.07, 6.45) is 4.51. The number of likely N-dealkylation sites (N-methyl/N-ethyl adjacent to an activating group) is 1. The van der Waals surface area contributed by atoms with Crippen LogP contribution < -0.4 is 5.32 Å². The van der Waals surface area contributed by atoms with Crippen LogP contribution in [0.1, 0.15) is 31.1 Å². The monoisotopic (exact) mass is 263 g/mol. The van der Waals surface area contributed by atoms with Gasteiger partial charge in [-0.25, -0.2) is 0 Å². The minimum Gasteiger partial charge on any atom is -0.468 e. The largest absolute Gasteiger partial charge is 0.468 e. The van der Waals surface area contributed by atoms with Crippen LogP contribution in [0.4, 0.5) is 0 Å². The number of nitrogens with one attached hydrogen (secondary N) is 1. The van der Waals surface area contributed by atoms with Crippen molar-refractivity contribution in [1.29, 1.82) is 0 Å². The standard InChI is InChI=1S/C15H25N3O/c1-2-17-6-8-18(9-7-17)12-15-13(5-10-19-15)11-16-14-3-4-14/h5,10,14,16H,2-4,6-9,11-12H2,1H3. The lowest BCUT2D eigenvalue weighted by molar-refractivity contribution is 0.125. The van der Waals surface area contributed by atoms with Crippen LogP contribution >= 0.6 is 0 Å². The number of furan rings is 1. The predicted molar refractivity (Wildman–Crippen MR) is 76.0 cm³/mol. The maximum Gasteiger partial charge on any atom is 0.122 e. The fourth-order valence-corrected chi connectivity index (χ4v) is 2.67. The molecule has 1 aromatic heterocycles. The van der Waals surface area contributed by atoms with E-state index in [1.807, 2.05) is 6.26 Å². The van der Waals surface area contributed by atoms with E-state index in [-0.39, 0.29) is 0 Å². The van der Waals surface area contributed by atoms with Crippen molar-refractivity contribution in [2.75, 3.05) is 32.7 Å². The molecule has 0 radical (unpaired) electrons. The van der Waals surface area contributed by atoms with Crippen LogP contribution in [0.2, 0.25) is 0 Å². The lowest BCUT2D eigenvalue weighted by Gasteiger charge is -2.33. The Bertz CT molecular complexity index is 392. The first-order chi connectivity index (χ1) is 9.35. The van der Waals surface area contributed by atoms with Crippen LogP contribution in [0.25, 0.3) is 0 Å². The van der Waals surface area contributed by atoms with Crippen molar-refractivity contribution in [2.24, 2.45) is 0 Å². The molecule has 2 aliphatic rings. The second-order valence-electron chi connectivity index (χ2n) is 5.73. The Hall–Kier alpha value is -0.840. The van der Waals surface area contributed by atoms with E-state index >= 15 is 0 Å². The summed E-state index contributed by atoms with van der Waals surface area (Å²) < 4.78 is 5.68. The topological polar surface area (TPSA) is 31.6 Å². The summed E-state index contributed by atoms with van der Waals surface area (Å²) >= 11 is 0. The van der Waals surface area contributed by atoms with E-state index < -0.39 is 0 Å². The number of piperazine rings is 1. The molecule has 0 unspecified atom stereocenters. The first-order valence-corrected chi connectivity index (χ1v) is 7.58. The van der Waals surface area contributed by atoms with E-state index in [9.17, 15) is 0 Å². The van der Waals surface area contributed by atoms with E-state index in [0.717, 1.165) is 38.0 Å². The molecule has 1 N–H and O–H groups in total. The first-order valence-electron chi connectivity index (χ1n) is 7.58. The molecule has 1 aliphatic heterocycles. The second kappa shape index (κ2) is 6.07. The van der Waals surface area contributed by atoms with Gasteiger partial charge in [0.1, 0.15) is 5.76 Å². The van der Waals surface area contributed by atoms with Gasteiger partial charge in [0.25, 0.3) is 0 Å². The van der Waals surface area contributed by atoms with Crippen LogP contribution in [0.3, 0.4) is 0 Å². The predicted octanol–water partition coefficient (Wildman–Crippen LogP) is 1.67. The second-order valence-corrected chi connectivity index (χ2v) is 5.73. The quantitative estimate of drug-likeness (QED) is 0.846. The van der Waals surface area contributed by atoms with E-state index in [1.165, 1.54) is 38.0 Å². The summed E-state index contributed by atoms with van der Waals surface area (Å²) in [6, 6.07) is 2.88. The average Bonchev–Trinajstić information content (AvgIpc) is 3.18. The molecule has 3 rings (SSSR count). The Kier molecular flexibility index (Phi) is 4.21. The smallest absolute Gasteiger partial charge is 0.122 e. The Morgan fingerprint density at radius 2 is 1.95 bits per heavy atom. The minimum atomic E-state index is 0.760. The van der Waals surface area contributed by atoms with Gasteiger partial charge in [-0.2, -0.15) is 0 Å². The molecule has 0 atom stereocenters. The highest BCUT2D eigenvalue weighted by Crippen LogP contribution is 2.21. The van der Waals surface area contributed by atoms with E-state index in [4.69, 9.17) is 4.42 Å². The van der Waals surface area contributed by atoms with Gasteiger partial charge in [0.15, 0.2) is 0 Å². The molecule has 2 heterocycles. The number of rotatable bonds is 6. The molecular formula is C15H25N3O. The summed E-state index contributed by atoms with van der Waals surface area (Å²) in [5.74, 6) is 1.15. The molecule has 1 aromatic rings. The van der Waals surface area contributed by atoms with Gasteiger partial charge >= 0.3 is 0 Å². The molecule has 0 spiro atoms. The fourth-order valence-electron chi connectivity index (χ4n) is 2.67. The van der Waals surface area contributed by atoms with Gasteiger partial charge in [-0.05, 0) is 25.5 Å². The number of hydrogen-bond donors (Lipinski definition) is 1. The van der Waals surface area contributed by atoms with Crippen molar-refractivity contribution in [3.05, 3.63) is 23.7 Å².